The molecule has 2 heterocycles. The van der Waals surface area contributed by atoms with Crippen LogP contribution in [0.15, 0.2) is 57.3 Å². The number of furan rings is 1. The van der Waals surface area contributed by atoms with E-state index in [1.54, 1.807) is 44.2 Å². The van der Waals surface area contributed by atoms with Gasteiger partial charge in [0.15, 0.2) is 0 Å². The van der Waals surface area contributed by atoms with Crippen LogP contribution in [0.25, 0.3) is 11.3 Å². The third kappa shape index (κ3) is 3.03. The summed E-state index contributed by atoms with van der Waals surface area (Å²) in [6.07, 6.45) is 0. The highest BCUT2D eigenvalue weighted by Gasteiger charge is 2.32. The van der Waals surface area contributed by atoms with Crippen LogP contribution >= 0.6 is 23.2 Å². The molecule has 6 heteroatoms. The number of benzene rings is 1. The number of hydrogen-bond acceptors (Lipinski definition) is 4. The first kappa shape index (κ1) is 17.2. The normalized spacial score (nSPS) is 15.0. The standard InChI is InChI=1S/C19H13Cl2N3O/c1-10-14(8-22)19(15(9-23)11(2)24-10)18-6-5-17(25-18)13-7-12(20)3-4-16(13)21/h3-7,19,24H,1-2H3. The molecule has 1 aliphatic rings. The lowest BCUT2D eigenvalue weighted by Crippen LogP contribution is -2.23. The van der Waals surface area contributed by atoms with Crippen molar-refractivity contribution in [3.8, 4) is 23.5 Å². The van der Waals surface area contributed by atoms with Crippen LogP contribution in [0, 0.1) is 22.7 Å². The predicted molar refractivity (Wildman–Crippen MR) is 96.7 cm³/mol. The molecule has 3 rings (SSSR count). The van der Waals surface area contributed by atoms with Gasteiger partial charge in [0.25, 0.3) is 0 Å². The summed E-state index contributed by atoms with van der Waals surface area (Å²) in [6.45, 7) is 3.61. The molecule has 0 atom stereocenters. The quantitative estimate of drug-likeness (QED) is 0.754. The summed E-state index contributed by atoms with van der Waals surface area (Å²) in [5, 5.41) is 23.2. The van der Waals surface area contributed by atoms with Crippen LogP contribution < -0.4 is 5.32 Å². The van der Waals surface area contributed by atoms with E-state index in [-0.39, 0.29) is 0 Å². The third-order valence-corrected chi connectivity index (χ3v) is 4.67. The molecule has 0 fully saturated rings. The summed E-state index contributed by atoms with van der Waals surface area (Å²) < 4.78 is 5.96. The van der Waals surface area contributed by atoms with Crippen LogP contribution in [0.1, 0.15) is 25.5 Å². The molecule has 0 saturated heterocycles. The molecule has 0 bridgehead atoms. The molecule has 0 aliphatic carbocycles. The number of halogens is 2. The first-order valence-corrected chi connectivity index (χ1v) is 8.25. The maximum Gasteiger partial charge on any atom is 0.135 e. The fraction of sp³-hybridized carbons (Fsp3) is 0.158. The third-order valence-electron chi connectivity index (χ3n) is 4.11. The van der Waals surface area contributed by atoms with E-state index in [2.05, 4.69) is 17.5 Å². The van der Waals surface area contributed by atoms with Gasteiger partial charge in [-0.1, -0.05) is 23.2 Å². The molecular weight excluding hydrogens is 357 g/mol. The van der Waals surface area contributed by atoms with Crippen molar-refractivity contribution in [1.82, 2.24) is 5.32 Å². The Morgan fingerprint density at radius 2 is 1.64 bits per heavy atom. The van der Waals surface area contributed by atoms with Gasteiger partial charge in [0.2, 0.25) is 0 Å². The predicted octanol–water partition coefficient (Wildman–Crippen LogP) is 5.54. The Bertz CT molecular complexity index is 966. The summed E-state index contributed by atoms with van der Waals surface area (Å²) in [4.78, 5) is 0. The molecule has 0 unspecified atom stereocenters. The highest BCUT2D eigenvalue weighted by molar-refractivity contribution is 6.35. The molecule has 2 aromatic rings. The largest absolute Gasteiger partial charge is 0.460 e. The van der Waals surface area contributed by atoms with Gasteiger partial charge in [-0.2, -0.15) is 10.5 Å². The summed E-state index contributed by atoms with van der Waals surface area (Å²) in [5.41, 5.74) is 3.00. The number of nitrogens with zero attached hydrogens (tertiary/aromatic N) is 2. The van der Waals surface area contributed by atoms with Crippen LogP contribution in [-0.2, 0) is 0 Å². The van der Waals surface area contributed by atoms with Gasteiger partial charge >= 0.3 is 0 Å². The Morgan fingerprint density at radius 1 is 1.00 bits per heavy atom. The van der Waals surface area contributed by atoms with Gasteiger partial charge in [0.1, 0.15) is 11.5 Å². The Morgan fingerprint density at radius 3 is 2.24 bits per heavy atom. The van der Waals surface area contributed by atoms with E-state index in [1.807, 2.05) is 0 Å². The minimum absolute atomic E-state index is 0.459. The highest BCUT2D eigenvalue weighted by atomic mass is 35.5. The SMILES string of the molecule is CC1=C(C#N)C(c2ccc(-c3cc(Cl)ccc3Cl)o2)C(C#N)=C(C)N1. The lowest BCUT2D eigenvalue weighted by Gasteiger charge is -2.24. The Balaban J connectivity index is 2.12. The van der Waals surface area contributed by atoms with E-state index in [0.717, 1.165) is 0 Å². The molecule has 0 saturated carbocycles. The van der Waals surface area contributed by atoms with E-state index < -0.39 is 5.92 Å². The summed E-state index contributed by atoms with van der Waals surface area (Å²) in [6, 6.07) is 13.0. The van der Waals surface area contributed by atoms with Crippen molar-refractivity contribution in [2.45, 2.75) is 19.8 Å². The maximum absolute atomic E-state index is 9.54. The number of hydrogen-bond donors (Lipinski definition) is 1. The van der Waals surface area contributed by atoms with Gasteiger partial charge in [-0.3, -0.25) is 0 Å². The summed E-state index contributed by atoms with van der Waals surface area (Å²) in [7, 11) is 0. The molecule has 124 valence electrons. The van der Waals surface area contributed by atoms with Crippen molar-refractivity contribution in [3.63, 3.8) is 0 Å². The zero-order chi connectivity index (χ0) is 18.1. The van der Waals surface area contributed by atoms with Crippen LogP contribution in [0.3, 0.4) is 0 Å². The molecule has 1 N–H and O–H groups in total. The average Bonchev–Trinajstić information content (AvgIpc) is 3.06. The minimum atomic E-state index is -0.539. The monoisotopic (exact) mass is 369 g/mol. The van der Waals surface area contributed by atoms with E-state index >= 15 is 0 Å². The lowest BCUT2D eigenvalue weighted by molar-refractivity contribution is 0.511. The second kappa shape index (κ2) is 6.69. The van der Waals surface area contributed by atoms with Crippen LogP contribution in [0.4, 0.5) is 0 Å². The van der Waals surface area contributed by atoms with E-state index in [9.17, 15) is 10.5 Å². The van der Waals surface area contributed by atoms with Crippen molar-refractivity contribution in [1.29, 1.82) is 10.5 Å². The molecule has 0 amide bonds. The van der Waals surface area contributed by atoms with Gasteiger partial charge < -0.3 is 9.73 Å². The highest BCUT2D eigenvalue weighted by Crippen LogP contribution is 2.40. The number of allylic oxidation sites excluding steroid dienone is 4. The van der Waals surface area contributed by atoms with Gasteiger partial charge in [-0.05, 0) is 44.2 Å². The first-order chi connectivity index (χ1) is 12.0. The van der Waals surface area contributed by atoms with Crippen molar-refractivity contribution in [3.05, 3.63) is 68.7 Å². The van der Waals surface area contributed by atoms with Crippen LogP contribution in [-0.4, -0.2) is 0 Å². The van der Waals surface area contributed by atoms with Crippen molar-refractivity contribution in [2.24, 2.45) is 0 Å². The van der Waals surface area contributed by atoms with Crippen molar-refractivity contribution in [2.75, 3.05) is 0 Å². The zero-order valence-electron chi connectivity index (χ0n) is 13.5. The molecule has 25 heavy (non-hydrogen) atoms. The summed E-state index contributed by atoms with van der Waals surface area (Å²) in [5.74, 6) is 0.508. The lowest BCUT2D eigenvalue weighted by atomic mass is 9.85. The Hall–Kier alpha value is -2.66. The van der Waals surface area contributed by atoms with Gasteiger partial charge in [-0.15, -0.1) is 0 Å². The molecule has 1 aromatic heterocycles. The molecule has 1 aromatic carbocycles. The van der Waals surface area contributed by atoms with E-state index in [1.165, 1.54) is 0 Å². The minimum Gasteiger partial charge on any atom is -0.460 e. The van der Waals surface area contributed by atoms with Crippen LogP contribution in [0.5, 0.6) is 0 Å². The van der Waals surface area contributed by atoms with Gasteiger partial charge in [-0.25, -0.2) is 0 Å². The fourth-order valence-electron chi connectivity index (χ4n) is 2.91. The zero-order valence-corrected chi connectivity index (χ0v) is 15.0. The fourth-order valence-corrected chi connectivity index (χ4v) is 3.30. The number of nitrogens with one attached hydrogen (secondary N) is 1. The van der Waals surface area contributed by atoms with Gasteiger partial charge in [0, 0.05) is 22.0 Å². The topological polar surface area (TPSA) is 72.8 Å². The Labute approximate surface area is 155 Å². The average molecular weight is 370 g/mol. The first-order valence-electron chi connectivity index (χ1n) is 7.50. The number of rotatable bonds is 2. The maximum atomic E-state index is 9.54. The molecule has 0 spiro atoms. The second-order valence-electron chi connectivity index (χ2n) is 5.69. The molecular formula is C19H13Cl2N3O. The second-order valence-corrected chi connectivity index (χ2v) is 6.53. The van der Waals surface area contributed by atoms with Gasteiger partial charge in [0.05, 0.1) is 34.2 Å². The van der Waals surface area contributed by atoms with Crippen molar-refractivity contribution >= 4 is 23.2 Å². The molecule has 4 nitrogen and oxygen atoms in total. The van der Waals surface area contributed by atoms with Crippen molar-refractivity contribution < 1.29 is 4.42 Å². The van der Waals surface area contributed by atoms with E-state index in [0.29, 0.717) is 49.7 Å². The smallest absolute Gasteiger partial charge is 0.135 e. The molecule has 1 aliphatic heterocycles. The summed E-state index contributed by atoms with van der Waals surface area (Å²) >= 11 is 12.3. The molecule has 0 radical (unpaired) electrons. The van der Waals surface area contributed by atoms with E-state index in [4.69, 9.17) is 27.6 Å². The Kier molecular flexibility index (Phi) is 4.59. The number of nitriles is 2. The van der Waals surface area contributed by atoms with Crippen LogP contribution in [0.2, 0.25) is 10.0 Å². The number of dihydropyridines is 1.